The average Bonchev–Trinajstić information content (AvgIpc) is 3.32. The van der Waals surface area contributed by atoms with Crippen LogP contribution in [0.2, 0.25) is 0 Å². The molecule has 0 aliphatic carbocycles. The van der Waals surface area contributed by atoms with Crippen molar-refractivity contribution in [3.8, 4) is 0 Å². The highest BCUT2D eigenvalue weighted by Crippen LogP contribution is 2.31. The zero-order chi connectivity index (χ0) is 21.5. The molecular weight excluding hydrogens is 430 g/mol. The van der Waals surface area contributed by atoms with Gasteiger partial charge in [0.25, 0.3) is 17.7 Å². The van der Waals surface area contributed by atoms with Crippen LogP contribution in [-0.2, 0) is 0 Å². The first kappa shape index (κ1) is 19.5. The van der Waals surface area contributed by atoms with E-state index in [1.165, 1.54) is 0 Å². The van der Waals surface area contributed by atoms with E-state index >= 15 is 0 Å². The second-order valence-electron chi connectivity index (χ2n) is 6.86. The minimum atomic E-state index is -0.390. The Morgan fingerprint density at radius 3 is 2.42 bits per heavy atom. The lowest BCUT2D eigenvalue weighted by Gasteiger charge is -2.15. The largest absolute Gasteiger partial charge is 0.322 e. The van der Waals surface area contributed by atoms with Gasteiger partial charge in [0.2, 0.25) is 0 Å². The van der Waals surface area contributed by atoms with Crippen LogP contribution in [0, 0.1) is 0 Å². The van der Waals surface area contributed by atoms with Crippen molar-refractivity contribution in [3.05, 3.63) is 83.4 Å². The first-order valence-corrected chi connectivity index (χ1v) is 11.4. The molecule has 0 spiro atoms. The van der Waals surface area contributed by atoms with Crippen molar-refractivity contribution in [1.29, 1.82) is 0 Å². The van der Waals surface area contributed by atoms with Crippen LogP contribution < -0.4 is 10.2 Å². The Bertz CT molecular complexity index is 1340. The van der Waals surface area contributed by atoms with Crippen LogP contribution in [0.15, 0.2) is 71.1 Å². The number of benzene rings is 3. The Morgan fingerprint density at radius 1 is 0.968 bits per heavy atom. The zero-order valence-corrected chi connectivity index (χ0v) is 17.9. The van der Waals surface area contributed by atoms with Crippen LogP contribution in [0.3, 0.4) is 0 Å². The van der Waals surface area contributed by atoms with E-state index in [4.69, 9.17) is 0 Å². The highest BCUT2D eigenvalue weighted by Gasteiger charge is 2.36. The van der Waals surface area contributed by atoms with Crippen molar-refractivity contribution in [3.63, 3.8) is 0 Å². The van der Waals surface area contributed by atoms with Gasteiger partial charge in [-0.2, -0.15) is 0 Å². The van der Waals surface area contributed by atoms with E-state index in [1.807, 2.05) is 18.4 Å². The Hall–Kier alpha value is -3.49. The number of rotatable bonds is 4. The second-order valence-corrected chi connectivity index (χ2v) is 8.95. The fraction of sp³-hybridized carbons (Fsp3) is 0.0435. The molecule has 0 atom stereocenters. The van der Waals surface area contributed by atoms with Gasteiger partial charge in [-0.25, -0.2) is 9.88 Å². The molecule has 31 heavy (non-hydrogen) atoms. The van der Waals surface area contributed by atoms with Crippen molar-refractivity contribution >= 4 is 62.4 Å². The number of hydrogen-bond acceptors (Lipinski definition) is 6. The Labute approximate surface area is 185 Å². The maximum absolute atomic E-state index is 12.8. The summed E-state index contributed by atoms with van der Waals surface area (Å²) in [4.78, 5) is 43.9. The molecule has 5 rings (SSSR count). The third-order valence-corrected chi connectivity index (χ3v) is 6.97. The molecule has 6 nitrogen and oxygen atoms in total. The van der Waals surface area contributed by atoms with E-state index in [1.54, 1.807) is 77.7 Å². The molecule has 1 N–H and O–H groups in total. The van der Waals surface area contributed by atoms with Gasteiger partial charge >= 0.3 is 0 Å². The highest BCUT2D eigenvalue weighted by molar-refractivity contribution is 8.00. The summed E-state index contributed by atoms with van der Waals surface area (Å²) in [5, 5.41) is 2.88. The standard InChI is InChI=1S/C23H15N3O3S2/c1-30-23-25-18-10-9-14(12-19(18)31-23)24-20(27)13-5-4-6-15(11-13)26-21(28)16-7-2-3-8-17(16)22(26)29/h2-12H,1H3,(H,24,27). The minimum Gasteiger partial charge on any atom is -0.322 e. The summed E-state index contributed by atoms with van der Waals surface area (Å²) in [6, 6.07) is 18.8. The van der Waals surface area contributed by atoms with Crippen LogP contribution in [0.25, 0.3) is 10.2 Å². The third-order valence-electron chi connectivity index (χ3n) is 4.96. The van der Waals surface area contributed by atoms with Gasteiger partial charge in [-0.3, -0.25) is 14.4 Å². The van der Waals surface area contributed by atoms with Crippen molar-refractivity contribution in [2.75, 3.05) is 16.5 Å². The number of carbonyl (C=O) groups is 3. The summed E-state index contributed by atoms with van der Waals surface area (Å²) in [5.74, 6) is -1.11. The quantitative estimate of drug-likeness (QED) is 0.350. The number of carbonyl (C=O) groups excluding carboxylic acids is 3. The molecule has 0 unspecified atom stereocenters. The number of imide groups is 1. The van der Waals surface area contributed by atoms with Crippen LogP contribution in [0.1, 0.15) is 31.1 Å². The summed E-state index contributed by atoms with van der Waals surface area (Å²) in [7, 11) is 0. The molecule has 1 aliphatic heterocycles. The van der Waals surface area contributed by atoms with Crippen LogP contribution in [-0.4, -0.2) is 29.0 Å². The van der Waals surface area contributed by atoms with E-state index in [0.717, 1.165) is 19.5 Å². The highest BCUT2D eigenvalue weighted by atomic mass is 32.2. The summed E-state index contributed by atoms with van der Waals surface area (Å²) >= 11 is 3.15. The lowest BCUT2D eigenvalue weighted by molar-refractivity contribution is 0.0924. The Morgan fingerprint density at radius 2 is 1.71 bits per heavy atom. The van der Waals surface area contributed by atoms with E-state index in [9.17, 15) is 14.4 Å². The number of aromatic nitrogens is 1. The monoisotopic (exact) mass is 445 g/mol. The van der Waals surface area contributed by atoms with Gasteiger partial charge in [-0.05, 0) is 54.8 Å². The predicted molar refractivity (Wildman–Crippen MR) is 123 cm³/mol. The molecule has 8 heteroatoms. The first-order chi connectivity index (χ1) is 15.0. The zero-order valence-electron chi connectivity index (χ0n) is 16.3. The number of fused-ring (bicyclic) bond motifs is 2. The molecular formula is C23H15N3O3S2. The normalized spacial score (nSPS) is 13.0. The average molecular weight is 446 g/mol. The van der Waals surface area contributed by atoms with Gasteiger partial charge in [-0.1, -0.05) is 30.0 Å². The summed E-state index contributed by atoms with van der Waals surface area (Å²) in [6.07, 6.45) is 1.97. The van der Waals surface area contributed by atoms with Gasteiger partial charge in [-0.15, -0.1) is 11.3 Å². The topological polar surface area (TPSA) is 79.4 Å². The van der Waals surface area contributed by atoms with Gasteiger partial charge in [0.1, 0.15) is 0 Å². The predicted octanol–water partition coefficient (Wildman–Crippen LogP) is 5.07. The summed E-state index contributed by atoms with van der Waals surface area (Å²) < 4.78 is 1.95. The fourth-order valence-electron chi connectivity index (χ4n) is 3.48. The number of nitrogens with one attached hydrogen (secondary N) is 1. The van der Waals surface area contributed by atoms with Gasteiger partial charge in [0.15, 0.2) is 4.34 Å². The molecule has 0 saturated heterocycles. The van der Waals surface area contributed by atoms with Crippen molar-refractivity contribution in [1.82, 2.24) is 4.98 Å². The van der Waals surface area contributed by atoms with Crippen LogP contribution in [0.4, 0.5) is 11.4 Å². The SMILES string of the molecule is CSc1nc2ccc(NC(=O)c3cccc(N4C(=O)c5ccccc5C4=O)c3)cc2s1. The maximum atomic E-state index is 12.8. The second kappa shape index (κ2) is 7.64. The Balaban J connectivity index is 1.41. The molecule has 152 valence electrons. The number of thiazole rings is 1. The number of anilines is 2. The number of amides is 3. The maximum Gasteiger partial charge on any atom is 0.266 e. The summed E-state index contributed by atoms with van der Waals surface area (Å²) in [5.41, 5.74) is 2.99. The van der Waals surface area contributed by atoms with Gasteiger partial charge in [0.05, 0.1) is 27.0 Å². The lowest BCUT2D eigenvalue weighted by atomic mass is 10.1. The van der Waals surface area contributed by atoms with E-state index in [0.29, 0.717) is 28.1 Å². The van der Waals surface area contributed by atoms with Crippen molar-refractivity contribution in [2.45, 2.75) is 4.34 Å². The molecule has 2 heterocycles. The summed E-state index contributed by atoms with van der Waals surface area (Å²) in [6.45, 7) is 0. The molecule has 1 aliphatic rings. The van der Waals surface area contributed by atoms with Crippen molar-refractivity contribution < 1.29 is 14.4 Å². The van der Waals surface area contributed by atoms with Crippen LogP contribution >= 0.6 is 23.1 Å². The molecule has 4 aromatic rings. The lowest BCUT2D eigenvalue weighted by Crippen LogP contribution is -2.29. The smallest absolute Gasteiger partial charge is 0.266 e. The third kappa shape index (κ3) is 3.39. The van der Waals surface area contributed by atoms with Gasteiger partial charge in [0, 0.05) is 11.3 Å². The first-order valence-electron chi connectivity index (χ1n) is 9.39. The molecule has 3 aromatic carbocycles. The number of hydrogen-bond donors (Lipinski definition) is 1. The fourth-order valence-corrected chi connectivity index (χ4v) is 5.01. The van der Waals surface area contributed by atoms with E-state index < -0.39 is 11.8 Å². The molecule has 1 aromatic heterocycles. The molecule has 0 radical (unpaired) electrons. The molecule has 0 bridgehead atoms. The molecule has 0 fully saturated rings. The van der Waals surface area contributed by atoms with E-state index in [-0.39, 0.29) is 5.91 Å². The minimum absolute atomic E-state index is 0.326. The molecule has 0 saturated carbocycles. The van der Waals surface area contributed by atoms with Crippen molar-refractivity contribution in [2.24, 2.45) is 0 Å². The molecule has 3 amide bonds. The van der Waals surface area contributed by atoms with Crippen LogP contribution in [0.5, 0.6) is 0 Å². The number of thioether (sulfide) groups is 1. The van der Waals surface area contributed by atoms with Gasteiger partial charge < -0.3 is 5.32 Å². The number of nitrogens with zero attached hydrogens (tertiary/aromatic N) is 2. The Kier molecular flexibility index (Phi) is 4.80. The van der Waals surface area contributed by atoms with E-state index in [2.05, 4.69) is 10.3 Å².